The Hall–Kier alpha value is -1.59. The van der Waals surface area contributed by atoms with Gasteiger partial charge in [0.15, 0.2) is 0 Å². The predicted molar refractivity (Wildman–Crippen MR) is 80.5 cm³/mol. The lowest BCUT2D eigenvalue weighted by Crippen LogP contribution is -2.31. The molecule has 0 fully saturated rings. The van der Waals surface area contributed by atoms with Gasteiger partial charge < -0.3 is 16.0 Å². The smallest absolute Gasteiger partial charge is 0.221 e. The van der Waals surface area contributed by atoms with Gasteiger partial charge in [-0.3, -0.25) is 4.79 Å². The van der Waals surface area contributed by atoms with E-state index in [9.17, 15) is 9.18 Å². The van der Waals surface area contributed by atoms with Crippen molar-refractivity contribution >= 4 is 29.2 Å². The van der Waals surface area contributed by atoms with Gasteiger partial charge in [0, 0.05) is 36.1 Å². The largest absolute Gasteiger partial charge is 0.361 e. The van der Waals surface area contributed by atoms with Gasteiger partial charge in [0.2, 0.25) is 5.91 Å². The van der Waals surface area contributed by atoms with E-state index >= 15 is 0 Å². The molecule has 1 aromatic carbocycles. The van der Waals surface area contributed by atoms with Crippen LogP contribution in [0.3, 0.4) is 0 Å². The second-order valence-electron chi connectivity index (χ2n) is 4.79. The molecule has 0 saturated heterocycles. The van der Waals surface area contributed by atoms with Crippen LogP contribution in [-0.2, 0) is 11.2 Å². The maximum Gasteiger partial charge on any atom is 0.221 e. The highest BCUT2D eigenvalue weighted by Crippen LogP contribution is 2.19. The minimum atomic E-state index is -0.258. The molecule has 20 heavy (non-hydrogen) atoms. The topological polar surface area (TPSA) is 70.9 Å². The standard InChI is InChI=1S/C14H18FN3O.ClH/c1-9(16)6-14(19)17-5-4-10-8-18-13-7-11(15)2-3-12(10)13;/h2-3,7-9,18H,4-6,16H2,1H3,(H,17,19);1H. The Bertz CT molecular complexity index is 583. The fraction of sp³-hybridized carbons (Fsp3) is 0.357. The van der Waals surface area contributed by atoms with Crippen LogP contribution in [0.15, 0.2) is 24.4 Å². The molecule has 1 atom stereocenters. The summed E-state index contributed by atoms with van der Waals surface area (Å²) >= 11 is 0. The fourth-order valence-electron chi connectivity index (χ4n) is 2.07. The average molecular weight is 300 g/mol. The summed E-state index contributed by atoms with van der Waals surface area (Å²) in [5.41, 5.74) is 7.39. The predicted octanol–water partition coefficient (Wildman–Crippen LogP) is 2.12. The molecule has 0 aliphatic rings. The molecule has 0 aliphatic heterocycles. The van der Waals surface area contributed by atoms with E-state index in [1.807, 2.05) is 6.20 Å². The minimum Gasteiger partial charge on any atom is -0.361 e. The summed E-state index contributed by atoms with van der Waals surface area (Å²) in [5, 5.41) is 3.81. The molecule has 2 rings (SSSR count). The highest BCUT2D eigenvalue weighted by Gasteiger charge is 2.07. The first-order chi connectivity index (χ1) is 9.06. The number of aromatic nitrogens is 1. The number of carbonyl (C=O) groups is 1. The molecule has 1 heterocycles. The van der Waals surface area contributed by atoms with Gasteiger partial charge >= 0.3 is 0 Å². The molecule has 4 nitrogen and oxygen atoms in total. The lowest BCUT2D eigenvalue weighted by Gasteiger charge is -2.06. The number of hydrogen-bond donors (Lipinski definition) is 3. The number of rotatable bonds is 5. The first-order valence-electron chi connectivity index (χ1n) is 6.34. The molecule has 0 spiro atoms. The first-order valence-corrected chi connectivity index (χ1v) is 6.34. The van der Waals surface area contributed by atoms with Crippen molar-refractivity contribution in [1.82, 2.24) is 10.3 Å². The average Bonchev–Trinajstić information content (AvgIpc) is 2.70. The summed E-state index contributed by atoms with van der Waals surface area (Å²) in [6.45, 7) is 2.35. The first kappa shape index (κ1) is 16.5. The second-order valence-corrected chi connectivity index (χ2v) is 4.79. The van der Waals surface area contributed by atoms with Gasteiger partial charge in [-0.2, -0.15) is 0 Å². The van der Waals surface area contributed by atoms with Crippen molar-refractivity contribution in [3.05, 3.63) is 35.8 Å². The maximum atomic E-state index is 13.0. The van der Waals surface area contributed by atoms with Crippen molar-refractivity contribution in [2.24, 2.45) is 5.73 Å². The highest BCUT2D eigenvalue weighted by molar-refractivity contribution is 5.85. The van der Waals surface area contributed by atoms with Crippen LogP contribution in [0.1, 0.15) is 18.9 Å². The van der Waals surface area contributed by atoms with E-state index in [4.69, 9.17) is 5.73 Å². The number of hydrogen-bond acceptors (Lipinski definition) is 2. The Kier molecular flexibility index (Phi) is 5.98. The van der Waals surface area contributed by atoms with Gasteiger partial charge in [0.05, 0.1) is 0 Å². The molecule has 0 saturated carbocycles. The summed E-state index contributed by atoms with van der Waals surface area (Å²) < 4.78 is 13.0. The monoisotopic (exact) mass is 299 g/mol. The van der Waals surface area contributed by atoms with Gasteiger partial charge in [-0.15, -0.1) is 12.4 Å². The molecule has 0 radical (unpaired) electrons. The van der Waals surface area contributed by atoms with Crippen LogP contribution in [0, 0.1) is 5.82 Å². The normalized spacial score (nSPS) is 11.9. The van der Waals surface area contributed by atoms with Crippen LogP contribution in [0.25, 0.3) is 10.9 Å². The lowest BCUT2D eigenvalue weighted by molar-refractivity contribution is -0.121. The van der Waals surface area contributed by atoms with E-state index in [0.717, 1.165) is 16.5 Å². The van der Waals surface area contributed by atoms with Crippen molar-refractivity contribution in [3.8, 4) is 0 Å². The summed E-state index contributed by atoms with van der Waals surface area (Å²) in [7, 11) is 0. The Labute approximate surface area is 123 Å². The third kappa shape index (κ3) is 4.21. The quantitative estimate of drug-likeness (QED) is 0.791. The summed E-state index contributed by atoms with van der Waals surface area (Å²) in [5.74, 6) is -0.299. The molecule has 0 aliphatic carbocycles. The van der Waals surface area contributed by atoms with Crippen LogP contribution in [0.2, 0.25) is 0 Å². The molecule has 1 amide bonds. The van der Waals surface area contributed by atoms with Crippen molar-refractivity contribution in [2.45, 2.75) is 25.8 Å². The second kappa shape index (κ2) is 7.26. The molecule has 6 heteroatoms. The van der Waals surface area contributed by atoms with Crippen LogP contribution < -0.4 is 11.1 Å². The van der Waals surface area contributed by atoms with Crippen molar-refractivity contribution in [3.63, 3.8) is 0 Å². The number of benzene rings is 1. The number of nitrogens with two attached hydrogens (primary N) is 1. The Balaban J connectivity index is 0.00000200. The van der Waals surface area contributed by atoms with Crippen LogP contribution in [0.5, 0.6) is 0 Å². The lowest BCUT2D eigenvalue weighted by atomic mass is 10.1. The van der Waals surface area contributed by atoms with Gasteiger partial charge in [-0.1, -0.05) is 0 Å². The Morgan fingerprint density at radius 3 is 2.95 bits per heavy atom. The molecule has 1 unspecified atom stereocenters. The van der Waals surface area contributed by atoms with Crippen LogP contribution >= 0.6 is 12.4 Å². The van der Waals surface area contributed by atoms with Crippen molar-refractivity contribution < 1.29 is 9.18 Å². The fourth-order valence-corrected chi connectivity index (χ4v) is 2.07. The van der Waals surface area contributed by atoms with Gasteiger partial charge in [0.25, 0.3) is 0 Å². The van der Waals surface area contributed by atoms with Crippen LogP contribution in [-0.4, -0.2) is 23.5 Å². The van der Waals surface area contributed by atoms with E-state index in [2.05, 4.69) is 10.3 Å². The number of fused-ring (bicyclic) bond motifs is 1. The number of amides is 1. The maximum absolute atomic E-state index is 13.0. The highest BCUT2D eigenvalue weighted by atomic mass is 35.5. The van der Waals surface area contributed by atoms with E-state index in [1.54, 1.807) is 13.0 Å². The van der Waals surface area contributed by atoms with Gasteiger partial charge in [-0.25, -0.2) is 4.39 Å². The zero-order valence-electron chi connectivity index (χ0n) is 11.3. The molecular weight excluding hydrogens is 281 g/mol. The van der Waals surface area contributed by atoms with Crippen molar-refractivity contribution in [2.75, 3.05) is 6.54 Å². The summed E-state index contributed by atoms with van der Waals surface area (Å²) in [6, 6.07) is 4.53. The molecule has 0 bridgehead atoms. The zero-order valence-corrected chi connectivity index (χ0v) is 12.1. The number of aromatic amines is 1. The molecule has 1 aromatic heterocycles. The van der Waals surface area contributed by atoms with Gasteiger partial charge in [-0.05, 0) is 37.1 Å². The number of nitrogens with one attached hydrogen (secondary N) is 2. The molecule has 4 N–H and O–H groups in total. The van der Waals surface area contributed by atoms with Crippen LogP contribution in [0.4, 0.5) is 4.39 Å². The SMILES string of the molecule is CC(N)CC(=O)NCCc1c[nH]c2cc(F)ccc12.Cl. The Morgan fingerprint density at radius 2 is 2.25 bits per heavy atom. The number of halogens is 2. The zero-order chi connectivity index (χ0) is 13.8. The number of carbonyl (C=O) groups excluding carboxylic acids is 1. The number of H-pyrrole nitrogens is 1. The Morgan fingerprint density at radius 1 is 1.50 bits per heavy atom. The minimum absolute atomic E-state index is 0. The van der Waals surface area contributed by atoms with E-state index < -0.39 is 0 Å². The van der Waals surface area contributed by atoms with E-state index in [0.29, 0.717) is 19.4 Å². The summed E-state index contributed by atoms with van der Waals surface area (Å²) in [4.78, 5) is 14.5. The van der Waals surface area contributed by atoms with E-state index in [1.165, 1.54) is 12.1 Å². The third-order valence-electron chi connectivity index (χ3n) is 2.95. The van der Waals surface area contributed by atoms with Crippen molar-refractivity contribution in [1.29, 1.82) is 0 Å². The molecule has 110 valence electrons. The molecule has 2 aromatic rings. The van der Waals surface area contributed by atoms with Gasteiger partial charge in [0.1, 0.15) is 5.82 Å². The molecular formula is C14H19ClFN3O. The van der Waals surface area contributed by atoms with E-state index in [-0.39, 0.29) is 30.2 Å². The summed E-state index contributed by atoms with van der Waals surface area (Å²) in [6.07, 6.45) is 2.89. The third-order valence-corrected chi connectivity index (χ3v) is 2.95.